The highest BCUT2D eigenvalue weighted by atomic mass is 35.5. The Morgan fingerprint density at radius 3 is 2.81 bits per heavy atom. The summed E-state index contributed by atoms with van der Waals surface area (Å²) in [5, 5.41) is 11.4. The van der Waals surface area contributed by atoms with E-state index < -0.39 is 0 Å². The number of nitrogens with one attached hydrogen (secondary N) is 1. The Kier molecular flexibility index (Phi) is 4.84. The van der Waals surface area contributed by atoms with Crippen LogP contribution in [0.5, 0.6) is 0 Å². The van der Waals surface area contributed by atoms with Crippen LogP contribution in [0.25, 0.3) is 5.65 Å². The number of carbonyl (C=O) groups is 1. The topological polar surface area (TPSA) is 77.1 Å². The van der Waals surface area contributed by atoms with Gasteiger partial charge in [-0.2, -0.15) is 0 Å². The van der Waals surface area contributed by atoms with Crippen molar-refractivity contribution in [3.8, 4) is 0 Å². The van der Waals surface area contributed by atoms with Crippen molar-refractivity contribution >= 4 is 23.2 Å². The van der Waals surface area contributed by atoms with E-state index in [1.54, 1.807) is 10.9 Å². The second-order valence-corrected chi connectivity index (χ2v) is 6.50. The van der Waals surface area contributed by atoms with Gasteiger partial charge < -0.3 is 9.72 Å². The summed E-state index contributed by atoms with van der Waals surface area (Å²) >= 11 is 6.15. The molecule has 0 bridgehead atoms. The number of benzene rings is 1. The van der Waals surface area contributed by atoms with Gasteiger partial charge in [-0.15, -0.1) is 5.10 Å². The summed E-state index contributed by atoms with van der Waals surface area (Å²) in [6.45, 7) is 0.932. The Morgan fingerprint density at radius 1 is 1.11 bits per heavy atom. The van der Waals surface area contributed by atoms with Gasteiger partial charge in [0, 0.05) is 30.4 Å². The summed E-state index contributed by atoms with van der Waals surface area (Å²) in [6, 6.07) is 13.4. The predicted octanol–water partition coefficient (Wildman–Crippen LogP) is 2.60. The van der Waals surface area contributed by atoms with E-state index in [2.05, 4.69) is 20.6 Å². The minimum absolute atomic E-state index is 0.260. The molecule has 1 amide bonds. The van der Waals surface area contributed by atoms with Crippen molar-refractivity contribution in [2.24, 2.45) is 0 Å². The fourth-order valence-electron chi connectivity index (χ4n) is 2.78. The van der Waals surface area contributed by atoms with Crippen LogP contribution in [0.4, 0.5) is 0 Å². The van der Waals surface area contributed by atoms with Crippen molar-refractivity contribution in [3.05, 3.63) is 83.0 Å². The molecule has 136 valence electrons. The number of fused-ring (bicyclic) bond motifs is 1. The molecule has 0 atom stereocenters. The van der Waals surface area contributed by atoms with Gasteiger partial charge in [0.05, 0.1) is 18.4 Å². The van der Waals surface area contributed by atoms with Crippen LogP contribution >= 0.6 is 11.6 Å². The molecular weight excluding hydrogens is 364 g/mol. The van der Waals surface area contributed by atoms with E-state index in [1.807, 2.05) is 59.3 Å². The zero-order chi connectivity index (χ0) is 18.6. The smallest absolute Gasteiger partial charge is 0.273 e. The SMILES string of the molecule is O=C(NCCc1cn2ccccc2n1)c1cn(Cc2ccccc2Cl)nn1. The maximum absolute atomic E-state index is 12.3. The second kappa shape index (κ2) is 7.59. The highest BCUT2D eigenvalue weighted by Crippen LogP contribution is 2.15. The molecule has 3 aromatic heterocycles. The summed E-state index contributed by atoms with van der Waals surface area (Å²) in [7, 11) is 0. The van der Waals surface area contributed by atoms with Crippen LogP contribution in [0.1, 0.15) is 21.7 Å². The van der Waals surface area contributed by atoms with Crippen molar-refractivity contribution in [1.82, 2.24) is 29.7 Å². The van der Waals surface area contributed by atoms with Gasteiger partial charge in [0.2, 0.25) is 0 Å². The van der Waals surface area contributed by atoms with Gasteiger partial charge in [-0.3, -0.25) is 4.79 Å². The van der Waals surface area contributed by atoms with E-state index in [4.69, 9.17) is 11.6 Å². The van der Waals surface area contributed by atoms with Crippen molar-refractivity contribution in [2.45, 2.75) is 13.0 Å². The molecule has 0 saturated heterocycles. The lowest BCUT2D eigenvalue weighted by Crippen LogP contribution is -2.26. The van der Waals surface area contributed by atoms with Gasteiger partial charge in [0.25, 0.3) is 5.91 Å². The van der Waals surface area contributed by atoms with Crippen molar-refractivity contribution in [1.29, 1.82) is 0 Å². The minimum atomic E-state index is -0.260. The van der Waals surface area contributed by atoms with E-state index in [0.29, 0.717) is 24.5 Å². The monoisotopic (exact) mass is 380 g/mol. The minimum Gasteiger partial charge on any atom is -0.350 e. The normalized spacial score (nSPS) is 11.0. The zero-order valence-corrected chi connectivity index (χ0v) is 15.2. The molecule has 1 aromatic carbocycles. The molecule has 4 aromatic rings. The number of halogens is 1. The van der Waals surface area contributed by atoms with Crippen molar-refractivity contribution in [2.75, 3.05) is 6.54 Å². The largest absolute Gasteiger partial charge is 0.350 e. The Labute approximate surface area is 160 Å². The van der Waals surface area contributed by atoms with Crippen LogP contribution in [-0.4, -0.2) is 36.8 Å². The molecule has 4 rings (SSSR count). The molecule has 0 spiro atoms. The van der Waals surface area contributed by atoms with E-state index in [-0.39, 0.29) is 11.6 Å². The van der Waals surface area contributed by atoms with Crippen LogP contribution in [0.15, 0.2) is 61.1 Å². The summed E-state index contributed by atoms with van der Waals surface area (Å²) in [4.78, 5) is 16.8. The molecule has 8 heteroatoms. The van der Waals surface area contributed by atoms with Crippen LogP contribution in [-0.2, 0) is 13.0 Å². The average molecular weight is 381 g/mol. The van der Waals surface area contributed by atoms with Gasteiger partial charge >= 0.3 is 0 Å². The first-order valence-electron chi connectivity index (χ1n) is 8.53. The highest BCUT2D eigenvalue weighted by molar-refractivity contribution is 6.31. The van der Waals surface area contributed by atoms with Gasteiger partial charge in [-0.25, -0.2) is 9.67 Å². The number of pyridine rings is 1. The summed E-state index contributed by atoms with van der Waals surface area (Å²) in [6.07, 6.45) is 6.16. The van der Waals surface area contributed by atoms with Crippen molar-refractivity contribution in [3.63, 3.8) is 0 Å². The third kappa shape index (κ3) is 3.98. The molecule has 27 heavy (non-hydrogen) atoms. The molecule has 0 aliphatic carbocycles. The highest BCUT2D eigenvalue weighted by Gasteiger charge is 2.11. The lowest BCUT2D eigenvalue weighted by Gasteiger charge is -2.03. The number of aromatic nitrogens is 5. The molecule has 1 N–H and O–H groups in total. The fraction of sp³-hybridized carbons (Fsp3) is 0.158. The van der Waals surface area contributed by atoms with Gasteiger partial charge in [-0.1, -0.05) is 41.1 Å². The molecule has 0 fully saturated rings. The Morgan fingerprint density at radius 2 is 1.96 bits per heavy atom. The van der Waals surface area contributed by atoms with E-state index in [0.717, 1.165) is 16.9 Å². The zero-order valence-electron chi connectivity index (χ0n) is 14.4. The summed E-state index contributed by atoms with van der Waals surface area (Å²) < 4.78 is 3.55. The molecule has 0 radical (unpaired) electrons. The van der Waals surface area contributed by atoms with Crippen LogP contribution in [0.3, 0.4) is 0 Å². The molecule has 0 saturated carbocycles. The third-order valence-electron chi connectivity index (χ3n) is 4.14. The lowest BCUT2D eigenvalue weighted by molar-refractivity contribution is 0.0949. The number of nitrogens with zero attached hydrogens (tertiary/aromatic N) is 5. The standard InChI is InChI=1S/C19H17ClN6O/c20-16-6-2-1-5-14(16)11-26-13-17(23-24-26)19(27)21-9-8-15-12-25-10-4-3-7-18(25)22-15/h1-7,10,12-13H,8-9,11H2,(H,21,27). The summed E-state index contributed by atoms with van der Waals surface area (Å²) in [5.74, 6) is -0.260. The van der Waals surface area contributed by atoms with Gasteiger partial charge in [-0.05, 0) is 23.8 Å². The van der Waals surface area contributed by atoms with E-state index in [1.165, 1.54) is 0 Å². The molecule has 0 aliphatic rings. The predicted molar refractivity (Wildman–Crippen MR) is 102 cm³/mol. The number of carbonyl (C=O) groups excluding carboxylic acids is 1. The first kappa shape index (κ1) is 17.2. The maximum atomic E-state index is 12.3. The Balaban J connectivity index is 1.33. The molecular formula is C19H17ClN6O. The average Bonchev–Trinajstić information content (AvgIpc) is 3.30. The Bertz CT molecular complexity index is 1050. The summed E-state index contributed by atoms with van der Waals surface area (Å²) in [5.41, 5.74) is 3.00. The lowest BCUT2D eigenvalue weighted by atomic mass is 10.2. The van der Waals surface area contributed by atoms with E-state index >= 15 is 0 Å². The number of amides is 1. The fourth-order valence-corrected chi connectivity index (χ4v) is 2.98. The van der Waals surface area contributed by atoms with Gasteiger partial charge in [0.1, 0.15) is 5.65 Å². The first-order chi connectivity index (χ1) is 13.2. The van der Waals surface area contributed by atoms with Crippen LogP contribution < -0.4 is 5.32 Å². The maximum Gasteiger partial charge on any atom is 0.273 e. The second-order valence-electron chi connectivity index (χ2n) is 6.10. The quantitative estimate of drug-likeness (QED) is 0.557. The molecule has 0 aliphatic heterocycles. The van der Waals surface area contributed by atoms with Gasteiger partial charge in [0.15, 0.2) is 5.69 Å². The Hall–Kier alpha value is -3.19. The molecule has 3 heterocycles. The first-order valence-corrected chi connectivity index (χ1v) is 8.91. The third-order valence-corrected chi connectivity index (χ3v) is 4.51. The number of hydrogen-bond donors (Lipinski definition) is 1. The number of hydrogen-bond acceptors (Lipinski definition) is 4. The van der Waals surface area contributed by atoms with Crippen LogP contribution in [0.2, 0.25) is 5.02 Å². The van der Waals surface area contributed by atoms with Crippen LogP contribution in [0, 0.1) is 0 Å². The number of rotatable bonds is 6. The van der Waals surface area contributed by atoms with Crippen molar-refractivity contribution < 1.29 is 4.79 Å². The molecule has 0 unspecified atom stereocenters. The number of imidazole rings is 1. The molecule has 7 nitrogen and oxygen atoms in total. The van der Waals surface area contributed by atoms with E-state index in [9.17, 15) is 4.79 Å².